The van der Waals surface area contributed by atoms with E-state index in [1.54, 1.807) is 62.8 Å². The minimum absolute atomic E-state index is 0.185. The number of carbonyl (C=O) groups excluding carboxylic acids is 1. The third-order valence-corrected chi connectivity index (χ3v) is 7.45. The average Bonchev–Trinajstić information content (AvgIpc) is 3.59. The van der Waals surface area contributed by atoms with E-state index in [1.807, 2.05) is 24.3 Å². The summed E-state index contributed by atoms with van der Waals surface area (Å²) in [7, 11) is -3.58. The minimum atomic E-state index is -3.58. The van der Waals surface area contributed by atoms with Gasteiger partial charge in [0.2, 0.25) is 10.0 Å². The van der Waals surface area contributed by atoms with Gasteiger partial charge in [-0.1, -0.05) is 24.3 Å². The van der Waals surface area contributed by atoms with Crippen LogP contribution in [0.4, 0.5) is 5.69 Å². The monoisotopic (exact) mass is 502 g/mol. The number of anilines is 1. The van der Waals surface area contributed by atoms with Gasteiger partial charge in [-0.15, -0.1) is 10.2 Å². The number of amides is 1. The van der Waals surface area contributed by atoms with E-state index < -0.39 is 10.0 Å². The highest BCUT2D eigenvalue weighted by Crippen LogP contribution is 2.37. The molecule has 2 N–H and O–H groups in total. The summed E-state index contributed by atoms with van der Waals surface area (Å²) in [6, 6.07) is 17.7. The molecule has 1 saturated carbocycles. The van der Waals surface area contributed by atoms with Crippen molar-refractivity contribution in [2.24, 2.45) is 0 Å². The summed E-state index contributed by atoms with van der Waals surface area (Å²) in [5, 5.41) is 11.2. The van der Waals surface area contributed by atoms with Gasteiger partial charge < -0.3 is 9.88 Å². The molecule has 1 fully saturated rings. The Hall–Kier alpha value is -3.89. The van der Waals surface area contributed by atoms with Gasteiger partial charge in [0.05, 0.1) is 4.90 Å². The molecule has 10 heteroatoms. The smallest absolute Gasteiger partial charge is 0.274 e. The number of sulfonamides is 1. The van der Waals surface area contributed by atoms with E-state index >= 15 is 0 Å². The molecule has 184 valence electrons. The highest BCUT2D eigenvalue weighted by Gasteiger charge is 2.26. The van der Waals surface area contributed by atoms with E-state index in [0.717, 1.165) is 35.4 Å². The molecule has 0 unspecified atom stereocenters. The first-order valence-corrected chi connectivity index (χ1v) is 13.2. The summed E-state index contributed by atoms with van der Waals surface area (Å²) in [6.45, 7) is 3.54. The van der Waals surface area contributed by atoms with Gasteiger partial charge in [0.25, 0.3) is 5.91 Å². The highest BCUT2D eigenvalue weighted by molar-refractivity contribution is 7.89. The Morgan fingerprint density at radius 3 is 2.50 bits per heavy atom. The Bertz CT molecular complexity index is 1510. The van der Waals surface area contributed by atoms with Crippen molar-refractivity contribution in [2.75, 3.05) is 5.32 Å². The fraction of sp³-hybridized carbons (Fsp3) is 0.231. The molecule has 0 saturated heterocycles. The fourth-order valence-electron chi connectivity index (χ4n) is 3.94. The van der Waals surface area contributed by atoms with E-state index in [2.05, 4.69) is 29.8 Å². The summed E-state index contributed by atoms with van der Waals surface area (Å²) in [6.07, 6.45) is 5.55. The first-order valence-electron chi connectivity index (χ1n) is 11.7. The Balaban J connectivity index is 1.33. The summed E-state index contributed by atoms with van der Waals surface area (Å²) in [4.78, 5) is 17.4. The van der Waals surface area contributed by atoms with Crippen molar-refractivity contribution in [2.45, 2.75) is 43.7 Å². The standard InChI is InChI=1S/C26H26N6O3S/c1-17(2)31-36(34,35)23-10-6-18(7-11-23)19-12-13-27-24(15-19)26(33)29-21-5-3-4-20(14-21)25-30-28-16-32(25)22-8-9-22/h3-7,10-17,22,31H,8-9H2,1-2H3,(H,29,33). The van der Waals surface area contributed by atoms with Gasteiger partial charge in [0.1, 0.15) is 12.0 Å². The van der Waals surface area contributed by atoms with Crippen molar-refractivity contribution in [3.05, 3.63) is 78.9 Å². The van der Waals surface area contributed by atoms with Crippen molar-refractivity contribution in [1.29, 1.82) is 0 Å². The zero-order valence-corrected chi connectivity index (χ0v) is 20.7. The maximum Gasteiger partial charge on any atom is 0.274 e. The molecular formula is C26H26N6O3S. The van der Waals surface area contributed by atoms with Gasteiger partial charge in [-0.3, -0.25) is 9.78 Å². The summed E-state index contributed by atoms with van der Waals surface area (Å²) in [5.41, 5.74) is 3.28. The minimum Gasteiger partial charge on any atom is -0.321 e. The molecule has 1 amide bonds. The molecule has 2 aromatic carbocycles. The van der Waals surface area contributed by atoms with Crippen LogP contribution in [-0.4, -0.2) is 40.1 Å². The van der Waals surface area contributed by atoms with Crippen LogP contribution in [0.2, 0.25) is 0 Å². The number of carbonyl (C=O) groups is 1. The maximum absolute atomic E-state index is 13.0. The fourth-order valence-corrected chi connectivity index (χ4v) is 5.19. The molecule has 0 radical (unpaired) electrons. The topological polar surface area (TPSA) is 119 Å². The summed E-state index contributed by atoms with van der Waals surface area (Å²) in [5.74, 6) is 0.431. The Morgan fingerprint density at radius 1 is 1.00 bits per heavy atom. The summed E-state index contributed by atoms with van der Waals surface area (Å²) < 4.78 is 29.4. The molecule has 0 atom stereocenters. The maximum atomic E-state index is 13.0. The van der Waals surface area contributed by atoms with E-state index in [9.17, 15) is 13.2 Å². The van der Waals surface area contributed by atoms with Gasteiger partial charge in [0, 0.05) is 29.5 Å². The van der Waals surface area contributed by atoms with Crippen LogP contribution in [0.3, 0.4) is 0 Å². The molecule has 9 nitrogen and oxygen atoms in total. The quantitative estimate of drug-likeness (QED) is 0.371. The molecule has 2 heterocycles. The molecule has 0 aliphatic heterocycles. The molecule has 5 rings (SSSR count). The number of nitrogens with zero attached hydrogens (tertiary/aromatic N) is 4. The van der Waals surface area contributed by atoms with Gasteiger partial charge in [-0.2, -0.15) is 0 Å². The molecule has 4 aromatic rings. The number of benzene rings is 2. The Morgan fingerprint density at radius 2 is 1.78 bits per heavy atom. The number of pyridine rings is 1. The van der Waals surface area contributed by atoms with Crippen molar-refractivity contribution in [3.63, 3.8) is 0 Å². The van der Waals surface area contributed by atoms with Crippen LogP contribution in [0.5, 0.6) is 0 Å². The van der Waals surface area contributed by atoms with Gasteiger partial charge in [-0.25, -0.2) is 13.1 Å². The first kappa shape index (κ1) is 23.8. The third-order valence-electron chi connectivity index (χ3n) is 5.77. The van der Waals surface area contributed by atoms with Crippen LogP contribution < -0.4 is 10.0 Å². The molecule has 1 aliphatic carbocycles. The van der Waals surface area contributed by atoms with Crippen LogP contribution in [0.15, 0.2) is 78.1 Å². The van der Waals surface area contributed by atoms with Crippen LogP contribution in [0.25, 0.3) is 22.5 Å². The Labute approximate surface area is 209 Å². The third kappa shape index (κ3) is 5.19. The predicted octanol–water partition coefficient (Wildman–Crippen LogP) is 4.28. The molecule has 0 bridgehead atoms. The van der Waals surface area contributed by atoms with E-state index in [1.165, 1.54) is 0 Å². The number of hydrogen-bond donors (Lipinski definition) is 2. The van der Waals surface area contributed by atoms with Crippen LogP contribution in [0, 0.1) is 0 Å². The van der Waals surface area contributed by atoms with Gasteiger partial charge in [-0.05, 0) is 74.2 Å². The molecule has 2 aromatic heterocycles. The molecule has 1 aliphatic rings. The molecule has 36 heavy (non-hydrogen) atoms. The van der Waals surface area contributed by atoms with Gasteiger partial charge >= 0.3 is 0 Å². The first-order chi connectivity index (χ1) is 17.3. The van der Waals surface area contributed by atoms with Crippen molar-refractivity contribution in [3.8, 4) is 22.5 Å². The number of aromatic nitrogens is 4. The number of rotatable bonds is 8. The second-order valence-corrected chi connectivity index (χ2v) is 10.8. The van der Waals surface area contributed by atoms with Crippen molar-refractivity contribution < 1.29 is 13.2 Å². The lowest BCUT2D eigenvalue weighted by Gasteiger charge is -2.11. The largest absolute Gasteiger partial charge is 0.321 e. The lowest BCUT2D eigenvalue weighted by molar-refractivity contribution is 0.102. The van der Waals surface area contributed by atoms with Crippen LogP contribution >= 0.6 is 0 Å². The van der Waals surface area contributed by atoms with Crippen LogP contribution in [0.1, 0.15) is 43.2 Å². The number of hydrogen-bond acceptors (Lipinski definition) is 6. The lowest BCUT2D eigenvalue weighted by atomic mass is 10.1. The summed E-state index contributed by atoms with van der Waals surface area (Å²) >= 11 is 0. The van der Waals surface area contributed by atoms with Crippen molar-refractivity contribution >= 4 is 21.6 Å². The van der Waals surface area contributed by atoms with E-state index in [-0.39, 0.29) is 22.5 Å². The second kappa shape index (κ2) is 9.63. The number of nitrogens with one attached hydrogen (secondary N) is 2. The van der Waals surface area contributed by atoms with Crippen LogP contribution in [-0.2, 0) is 10.0 Å². The zero-order chi connectivity index (χ0) is 25.3. The molecular weight excluding hydrogens is 476 g/mol. The van der Waals surface area contributed by atoms with Crippen molar-refractivity contribution in [1.82, 2.24) is 24.5 Å². The van der Waals surface area contributed by atoms with E-state index in [4.69, 9.17) is 0 Å². The van der Waals surface area contributed by atoms with E-state index in [0.29, 0.717) is 11.7 Å². The molecule has 0 spiro atoms. The second-order valence-electron chi connectivity index (χ2n) is 9.06. The Kier molecular flexibility index (Phi) is 6.38. The van der Waals surface area contributed by atoms with Gasteiger partial charge in [0.15, 0.2) is 5.82 Å². The SMILES string of the molecule is CC(C)NS(=O)(=O)c1ccc(-c2ccnc(C(=O)Nc3cccc(-c4nncn4C4CC4)c3)c2)cc1. The lowest BCUT2D eigenvalue weighted by Crippen LogP contribution is -2.30. The normalized spacial score (nSPS) is 13.6. The predicted molar refractivity (Wildman–Crippen MR) is 137 cm³/mol. The zero-order valence-electron chi connectivity index (χ0n) is 19.9. The highest BCUT2D eigenvalue weighted by atomic mass is 32.2. The average molecular weight is 503 g/mol.